The van der Waals surface area contributed by atoms with Crippen molar-refractivity contribution >= 4 is 17.8 Å². The van der Waals surface area contributed by atoms with Crippen LogP contribution in [-0.4, -0.2) is 61.1 Å². The largest absolute Gasteiger partial charge is 0.481 e. The maximum atomic E-state index is 11.8. The number of hydrogen-bond donors (Lipinski definition) is 2. The second-order valence-corrected chi connectivity index (χ2v) is 4.40. The summed E-state index contributed by atoms with van der Waals surface area (Å²) in [6, 6.07) is 3.08. The minimum absolute atomic E-state index is 0.0599. The van der Waals surface area contributed by atoms with Gasteiger partial charge >= 0.3 is 5.97 Å². The number of carboxylic acids is 1. The molecule has 1 rings (SSSR count). The van der Waals surface area contributed by atoms with Crippen molar-refractivity contribution in [2.75, 3.05) is 27.2 Å². The van der Waals surface area contributed by atoms with Gasteiger partial charge in [-0.15, -0.1) is 0 Å². The van der Waals surface area contributed by atoms with Crippen molar-refractivity contribution < 1.29 is 28.6 Å². The fraction of sp³-hybridized carbons (Fsp3) is 0.462. The smallest absolute Gasteiger partial charge is 0.306 e. The second-order valence-electron chi connectivity index (χ2n) is 4.40. The monoisotopic (exact) mass is 298 g/mol. The van der Waals surface area contributed by atoms with E-state index in [1.807, 2.05) is 0 Å². The molecule has 0 spiro atoms. The highest BCUT2D eigenvalue weighted by atomic mass is 16.5. The molecule has 0 saturated carbocycles. The molecular weight excluding hydrogens is 280 g/mol. The molecule has 8 nitrogen and oxygen atoms in total. The van der Waals surface area contributed by atoms with Crippen LogP contribution < -0.4 is 5.32 Å². The normalized spacial score (nSPS) is 11.7. The molecule has 1 aromatic rings. The number of carbonyl (C=O) groups excluding carboxylic acids is 2. The van der Waals surface area contributed by atoms with E-state index in [4.69, 9.17) is 14.3 Å². The number of nitrogens with one attached hydrogen (secondary N) is 1. The highest BCUT2D eigenvalue weighted by molar-refractivity contribution is 5.94. The Balaban J connectivity index is 2.39. The van der Waals surface area contributed by atoms with Gasteiger partial charge in [-0.1, -0.05) is 0 Å². The Kier molecular flexibility index (Phi) is 6.41. The zero-order valence-electron chi connectivity index (χ0n) is 11.9. The zero-order valence-corrected chi connectivity index (χ0v) is 11.9. The number of amides is 2. The van der Waals surface area contributed by atoms with Crippen molar-refractivity contribution in [2.45, 2.75) is 12.5 Å². The molecule has 0 aliphatic carbocycles. The van der Waals surface area contributed by atoms with Crippen LogP contribution in [0, 0.1) is 0 Å². The molecule has 116 valence electrons. The molecule has 0 aliphatic heterocycles. The lowest BCUT2D eigenvalue weighted by molar-refractivity contribution is -0.140. The number of rotatable bonds is 8. The molecule has 1 heterocycles. The predicted octanol–water partition coefficient (Wildman–Crippen LogP) is -0.0425. The van der Waals surface area contributed by atoms with Gasteiger partial charge in [-0.2, -0.15) is 0 Å². The van der Waals surface area contributed by atoms with Crippen LogP contribution in [0.2, 0.25) is 0 Å². The number of carboxylic acid groups (broad SMARTS) is 1. The quantitative estimate of drug-likeness (QED) is 0.697. The Hall–Kier alpha value is -2.35. The van der Waals surface area contributed by atoms with E-state index in [-0.39, 0.29) is 25.3 Å². The van der Waals surface area contributed by atoms with E-state index in [2.05, 4.69) is 5.32 Å². The van der Waals surface area contributed by atoms with Crippen molar-refractivity contribution in [3.05, 3.63) is 24.2 Å². The summed E-state index contributed by atoms with van der Waals surface area (Å²) >= 11 is 0. The van der Waals surface area contributed by atoms with Crippen molar-refractivity contribution in [2.24, 2.45) is 0 Å². The van der Waals surface area contributed by atoms with Gasteiger partial charge in [0.15, 0.2) is 5.76 Å². The van der Waals surface area contributed by atoms with E-state index in [1.54, 1.807) is 6.07 Å². The Morgan fingerprint density at radius 3 is 2.71 bits per heavy atom. The van der Waals surface area contributed by atoms with Crippen molar-refractivity contribution in [1.82, 2.24) is 10.2 Å². The Morgan fingerprint density at radius 1 is 1.48 bits per heavy atom. The third-order valence-corrected chi connectivity index (χ3v) is 2.72. The number of furan rings is 1. The molecule has 0 saturated heterocycles. The molecule has 2 N–H and O–H groups in total. The average Bonchev–Trinajstić information content (AvgIpc) is 2.96. The fourth-order valence-corrected chi connectivity index (χ4v) is 1.59. The van der Waals surface area contributed by atoms with E-state index in [1.165, 1.54) is 31.4 Å². The molecule has 21 heavy (non-hydrogen) atoms. The SMILES string of the molecule is COC(CNC(=O)CN(C)C(=O)c1ccco1)CC(=O)O. The molecule has 0 radical (unpaired) electrons. The molecule has 2 amide bonds. The van der Waals surface area contributed by atoms with E-state index < -0.39 is 23.9 Å². The second kappa shape index (κ2) is 8.05. The van der Waals surface area contributed by atoms with Crippen molar-refractivity contribution in [3.8, 4) is 0 Å². The third-order valence-electron chi connectivity index (χ3n) is 2.72. The average molecular weight is 298 g/mol. The van der Waals surface area contributed by atoms with E-state index >= 15 is 0 Å². The van der Waals surface area contributed by atoms with Gasteiger partial charge in [-0.3, -0.25) is 14.4 Å². The first-order valence-corrected chi connectivity index (χ1v) is 6.24. The van der Waals surface area contributed by atoms with E-state index in [0.717, 1.165) is 0 Å². The van der Waals surface area contributed by atoms with Gasteiger partial charge in [-0.25, -0.2) is 0 Å². The summed E-state index contributed by atoms with van der Waals surface area (Å²) in [5.41, 5.74) is 0. The summed E-state index contributed by atoms with van der Waals surface area (Å²) in [5.74, 6) is -1.69. The fourth-order valence-electron chi connectivity index (χ4n) is 1.59. The molecular formula is C13H18N2O6. The number of methoxy groups -OCH3 is 1. The summed E-state index contributed by atoms with van der Waals surface area (Å²) in [4.78, 5) is 35.3. The standard InChI is InChI=1S/C13H18N2O6/c1-15(13(19)10-4-3-5-21-10)8-11(16)14-7-9(20-2)6-12(17)18/h3-5,9H,6-8H2,1-2H3,(H,14,16)(H,17,18). The Morgan fingerprint density at radius 2 is 2.19 bits per heavy atom. The van der Waals surface area contributed by atoms with Gasteiger partial charge in [0.05, 0.1) is 25.3 Å². The summed E-state index contributed by atoms with van der Waals surface area (Å²) < 4.78 is 9.88. The maximum Gasteiger partial charge on any atom is 0.306 e. The van der Waals surface area contributed by atoms with Crippen LogP contribution in [0.25, 0.3) is 0 Å². The number of carbonyl (C=O) groups is 3. The van der Waals surface area contributed by atoms with Gasteiger partial charge in [0, 0.05) is 20.7 Å². The van der Waals surface area contributed by atoms with Gasteiger partial charge in [0.1, 0.15) is 0 Å². The number of likely N-dealkylation sites (N-methyl/N-ethyl adjacent to an activating group) is 1. The summed E-state index contributed by atoms with van der Waals surface area (Å²) in [7, 11) is 2.84. The van der Waals surface area contributed by atoms with Crippen LogP contribution in [0.1, 0.15) is 17.0 Å². The highest BCUT2D eigenvalue weighted by Crippen LogP contribution is 2.03. The Labute approximate surface area is 121 Å². The minimum atomic E-state index is -1.01. The van der Waals surface area contributed by atoms with Crippen LogP contribution in [0.5, 0.6) is 0 Å². The molecule has 0 aliphatic rings. The number of aliphatic carboxylic acids is 1. The third kappa shape index (κ3) is 5.65. The minimum Gasteiger partial charge on any atom is -0.481 e. The van der Waals surface area contributed by atoms with Gasteiger partial charge in [0.2, 0.25) is 5.91 Å². The molecule has 0 bridgehead atoms. The molecule has 1 atom stereocenters. The number of nitrogens with zero attached hydrogens (tertiary/aromatic N) is 1. The van der Waals surface area contributed by atoms with Crippen LogP contribution in [-0.2, 0) is 14.3 Å². The number of ether oxygens (including phenoxy) is 1. The van der Waals surface area contributed by atoms with Gasteiger partial charge in [0.25, 0.3) is 5.91 Å². The van der Waals surface area contributed by atoms with Crippen molar-refractivity contribution in [1.29, 1.82) is 0 Å². The lowest BCUT2D eigenvalue weighted by Gasteiger charge is -2.17. The molecule has 8 heteroatoms. The van der Waals surface area contributed by atoms with E-state index in [9.17, 15) is 14.4 Å². The van der Waals surface area contributed by atoms with Crippen molar-refractivity contribution in [3.63, 3.8) is 0 Å². The van der Waals surface area contributed by atoms with Crippen LogP contribution >= 0.6 is 0 Å². The topological polar surface area (TPSA) is 109 Å². The first-order chi connectivity index (χ1) is 9.93. The van der Waals surface area contributed by atoms with E-state index in [0.29, 0.717) is 0 Å². The molecule has 0 aromatic carbocycles. The lowest BCUT2D eigenvalue weighted by Crippen LogP contribution is -2.41. The lowest BCUT2D eigenvalue weighted by atomic mass is 10.2. The molecule has 1 aromatic heterocycles. The first-order valence-electron chi connectivity index (χ1n) is 6.24. The van der Waals surface area contributed by atoms with Gasteiger partial charge in [-0.05, 0) is 12.1 Å². The molecule has 1 unspecified atom stereocenters. The Bertz CT molecular complexity index is 485. The van der Waals surface area contributed by atoms with Crippen LogP contribution in [0.4, 0.5) is 0 Å². The maximum absolute atomic E-state index is 11.8. The van der Waals surface area contributed by atoms with Crippen LogP contribution in [0.3, 0.4) is 0 Å². The summed E-state index contributed by atoms with van der Waals surface area (Å²) in [6.45, 7) is -0.104. The van der Waals surface area contributed by atoms with Gasteiger partial charge < -0.3 is 24.5 Å². The summed E-state index contributed by atoms with van der Waals surface area (Å²) in [6.07, 6.45) is 0.547. The highest BCUT2D eigenvalue weighted by Gasteiger charge is 2.18. The zero-order chi connectivity index (χ0) is 15.8. The first kappa shape index (κ1) is 16.7. The molecule has 0 fully saturated rings. The number of hydrogen-bond acceptors (Lipinski definition) is 5. The summed E-state index contributed by atoms with van der Waals surface area (Å²) in [5, 5.41) is 11.2. The van der Waals surface area contributed by atoms with Crippen LogP contribution in [0.15, 0.2) is 22.8 Å². The predicted molar refractivity (Wildman–Crippen MR) is 71.7 cm³/mol.